The molecular weight excluding hydrogens is 497 g/mol. The van der Waals surface area contributed by atoms with E-state index in [2.05, 4.69) is 5.10 Å². The highest BCUT2D eigenvalue weighted by Gasteiger charge is 2.33. The number of ether oxygens (including phenoxy) is 1. The summed E-state index contributed by atoms with van der Waals surface area (Å²) < 4.78 is 8.43. The van der Waals surface area contributed by atoms with Crippen molar-refractivity contribution >= 4 is 46.9 Å². The highest BCUT2D eigenvalue weighted by molar-refractivity contribution is 8.01. The molecule has 0 saturated heterocycles. The van der Waals surface area contributed by atoms with E-state index in [-0.39, 0.29) is 17.7 Å². The van der Waals surface area contributed by atoms with Crippen LogP contribution in [0.15, 0.2) is 94.4 Å². The van der Waals surface area contributed by atoms with Crippen LogP contribution in [0.5, 0.6) is 5.75 Å². The maximum absolute atomic E-state index is 13.4. The van der Waals surface area contributed by atoms with E-state index in [1.807, 2.05) is 84.9 Å². The van der Waals surface area contributed by atoms with E-state index >= 15 is 0 Å². The van der Waals surface area contributed by atoms with Gasteiger partial charge in [-0.15, -0.1) is 5.10 Å². The zero-order chi connectivity index (χ0) is 24.2. The fourth-order valence-corrected chi connectivity index (χ4v) is 6.09. The molecule has 5 rings (SSSR count). The zero-order valence-electron chi connectivity index (χ0n) is 18.9. The average molecular weight is 519 g/mol. The average Bonchev–Trinajstić information content (AvgIpc) is 3.52. The molecule has 1 atom stereocenters. The molecule has 1 unspecified atom stereocenters. The standard InChI is InChI=1S/C26H22N4O2S3/c1-32-21-14-12-19(13-15-21)23-16-22(18-8-4-2-5-9-18)27-30(23)24(31)17-34-25-28-29(26(33)35-25)20-10-6-3-7-11-20/h2-15,23H,16-17H2,1H3. The Morgan fingerprint density at radius 1 is 1.06 bits per heavy atom. The lowest BCUT2D eigenvalue weighted by atomic mass is 9.98. The van der Waals surface area contributed by atoms with Gasteiger partial charge in [0.2, 0.25) is 0 Å². The summed E-state index contributed by atoms with van der Waals surface area (Å²) in [6.45, 7) is 0. The van der Waals surface area contributed by atoms with Crippen LogP contribution >= 0.6 is 35.3 Å². The molecule has 3 aromatic carbocycles. The summed E-state index contributed by atoms with van der Waals surface area (Å²) in [6.07, 6.45) is 0.647. The lowest BCUT2D eigenvalue weighted by Crippen LogP contribution is -2.28. The largest absolute Gasteiger partial charge is 0.497 e. The van der Waals surface area contributed by atoms with Gasteiger partial charge in [0, 0.05) is 6.42 Å². The second kappa shape index (κ2) is 10.6. The molecule has 0 fully saturated rings. The van der Waals surface area contributed by atoms with Gasteiger partial charge in [-0.05, 0) is 47.6 Å². The number of aromatic nitrogens is 2. The molecule has 176 valence electrons. The Morgan fingerprint density at radius 2 is 1.74 bits per heavy atom. The van der Waals surface area contributed by atoms with Gasteiger partial charge in [0.05, 0.1) is 30.3 Å². The molecule has 35 heavy (non-hydrogen) atoms. The maximum atomic E-state index is 13.4. The van der Waals surface area contributed by atoms with Crippen LogP contribution < -0.4 is 4.74 Å². The Labute approximate surface area is 216 Å². The SMILES string of the molecule is COc1ccc(C2CC(c3ccccc3)=NN2C(=O)CSc2nn(-c3ccccc3)c(=S)s2)cc1. The normalized spacial score (nSPS) is 15.2. The Balaban J connectivity index is 1.36. The summed E-state index contributed by atoms with van der Waals surface area (Å²) in [4.78, 5) is 13.4. The van der Waals surface area contributed by atoms with Gasteiger partial charge in [-0.1, -0.05) is 83.8 Å². The van der Waals surface area contributed by atoms with Crippen molar-refractivity contribution in [2.75, 3.05) is 12.9 Å². The summed E-state index contributed by atoms with van der Waals surface area (Å²) in [5, 5.41) is 11.0. The van der Waals surface area contributed by atoms with Crippen molar-refractivity contribution in [3.8, 4) is 11.4 Å². The smallest absolute Gasteiger partial charge is 0.253 e. The Morgan fingerprint density at radius 3 is 2.43 bits per heavy atom. The van der Waals surface area contributed by atoms with Crippen molar-refractivity contribution in [2.24, 2.45) is 5.10 Å². The van der Waals surface area contributed by atoms with E-state index in [1.165, 1.54) is 23.1 Å². The number of hydrogen-bond acceptors (Lipinski definition) is 7. The highest BCUT2D eigenvalue weighted by atomic mass is 32.2. The summed E-state index contributed by atoms with van der Waals surface area (Å²) in [5.41, 5.74) is 3.84. The van der Waals surface area contributed by atoms with Crippen molar-refractivity contribution in [2.45, 2.75) is 16.8 Å². The van der Waals surface area contributed by atoms with Crippen molar-refractivity contribution in [3.05, 3.63) is 100 Å². The molecule has 0 spiro atoms. The molecule has 6 nitrogen and oxygen atoms in total. The van der Waals surface area contributed by atoms with Crippen LogP contribution in [-0.4, -0.2) is 39.3 Å². The van der Waals surface area contributed by atoms with Gasteiger partial charge in [0.25, 0.3) is 5.91 Å². The molecule has 4 aromatic rings. The minimum Gasteiger partial charge on any atom is -0.497 e. The predicted octanol–water partition coefficient (Wildman–Crippen LogP) is 6.14. The molecule has 1 amide bonds. The minimum absolute atomic E-state index is 0.0749. The van der Waals surface area contributed by atoms with Gasteiger partial charge in [-0.25, -0.2) is 9.69 Å². The Bertz CT molecular complexity index is 1400. The van der Waals surface area contributed by atoms with Gasteiger partial charge < -0.3 is 4.74 Å². The number of rotatable bonds is 7. The second-order valence-electron chi connectivity index (χ2n) is 7.81. The molecule has 1 aliphatic rings. The monoisotopic (exact) mass is 518 g/mol. The third-order valence-electron chi connectivity index (χ3n) is 5.62. The van der Waals surface area contributed by atoms with E-state index < -0.39 is 0 Å². The van der Waals surface area contributed by atoms with Gasteiger partial charge in [0.15, 0.2) is 8.29 Å². The van der Waals surface area contributed by atoms with Gasteiger partial charge in [-0.2, -0.15) is 5.10 Å². The van der Waals surface area contributed by atoms with E-state index in [9.17, 15) is 4.79 Å². The number of benzene rings is 3. The summed E-state index contributed by atoms with van der Waals surface area (Å²) >= 11 is 8.28. The number of amides is 1. The minimum atomic E-state index is -0.177. The van der Waals surface area contributed by atoms with Crippen LogP contribution in [0.2, 0.25) is 0 Å². The Hall–Kier alpha value is -3.27. The molecule has 9 heteroatoms. The van der Waals surface area contributed by atoms with E-state index in [4.69, 9.17) is 22.1 Å². The molecule has 1 aromatic heterocycles. The lowest BCUT2D eigenvalue weighted by molar-refractivity contribution is -0.130. The number of methoxy groups -OCH3 is 1. The van der Waals surface area contributed by atoms with Crippen LogP contribution in [0.1, 0.15) is 23.6 Å². The van der Waals surface area contributed by atoms with Crippen molar-refractivity contribution in [3.63, 3.8) is 0 Å². The predicted molar refractivity (Wildman–Crippen MR) is 143 cm³/mol. The number of thioether (sulfide) groups is 1. The lowest BCUT2D eigenvalue weighted by Gasteiger charge is -2.22. The first-order valence-corrected chi connectivity index (χ1v) is 13.2. The number of nitrogens with zero attached hydrogens (tertiary/aromatic N) is 4. The number of carbonyl (C=O) groups excluding carboxylic acids is 1. The second-order valence-corrected chi connectivity index (χ2v) is 10.7. The van der Waals surface area contributed by atoms with E-state index in [0.29, 0.717) is 10.4 Å². The van der Waals surface area contributed by atoms with Gasteiger partial charge in [-0.3, -0.25) is 4.79 Å². The molecule has 1 aliphatic heterocycles. The molecular formula is C26H22N4O2S3. The van der Waals surface area contributed by atoms with Crippen LogP contribution in [0.25, 0.3) is 5.69 Å². The van der Waals surface area contributed by atoms with Crippen LogP contribution in [0, 0.1) is 3.95 Å². The molecule has 0 bridgehead atoms. The summed E-state index contributed by atoms with van der Waals surface area (Å²) in [5.74, 6) is 0.920. The first-order chi connectivity index (χ1) is 17.1. The topological polar surface area (TPSA) is 59.7 Å². The number of carbonyl (C=O) groups is 1. The first kappa shape index (κ1) is 23.5. The highest BCUT2D eigenvalue weighted by Crippen LogP contribution is 2.35. The first-order valence-electron chi connectivity index (χ1n) is 11.0. The summed E-state index contributed by atoms with van der Waals surface area (Å²) in [7, 11) is 1.64. The molecule has 0 radical (unpaired) electrons. The number of hydrogen-bond donors (Lipinski definition) is 0. The van der Waals surface area contributed by atoms with Crippen molar-refractivity contribution in [1.82, 2.24) is 14.8 Å². The molecule has 0 N–H and O–H groups in total. The van der Waals surface area contributed by atoms with E-state index in [1.54, 1.807) is 16.8 Å². The number of hydrazone groups is 1. The fourth-order valence-electron chi connectivity index (χ4n) is 3.87. The number of para-hydroxylation sites is 1. The van der Waals surface area contributed by atoms with Gasteiger partial charge in [0.1, 0.15) is 5.75 Å². The van der Waals surface area contributed by atoms with Crippen LogP contribution in [-0.2, 0) is 4.79 Å². The fraction of sp³-hybridized carbons (Fsp3) is 0.154. The van der Waals surface area contributed by atoms with Gasteiger partial charge >= 0.3 is 0 Å². The van der Waals surface area contributed by atoms with Crippen LogP contribution in [0.3, 0.4) is 0 Å². The third kappa shape index (κ3) is 5.22. The van der Waals surface area contributed by atoms with Crippen molar-refractivity contribution in [1.29, 1.82) is 0 Å². The Kier molecular flexibility index (Phi) is 7.08. The molecule has 0 aliphatic carbocycles. The summed E-state index contributed by atoms with van der Waals surface area (Å²) in [6, 6.07) is 27.4. The molecule has 0 saturated carbocycles. The maximum Gasteiger partial charge on any atom is 0.253 e. The van der Waals surface area contributed by atoms with E-state index in [0.717, 1.165) is 32.6 Å². The van der Waals surface area contributed by atoms with Crippen LogP contribution in [0.4, 0.5) is 0 Å². The van der Waals surface area contributed by atoms with Crippen molar-refractivity contribution < 1.29 is 9.53 Å². The zero-order valence-corrected chi connectivity index (χ0v) is 21.4. The third-order valence-corrected chi connectivity index (χ3v) is 7.97. The quantitative estimate of drug-likeness (QED) is 0.217. The molecule has 2 heterocycles.